The molecule has 0 fully saturated rings. The number of phenolic OH excluding ortho intramolecular Hbond substituents is 1. The number of aromatic hydroxyl groups is 1. The minimum absolute atomic E-state index is 0.152. The number of benzene rings is 2. The molecule has 1 aromatic heterocycles. The van der Waals surface area contributed by atoms with Gasteiger partial charge in [0.15, 0.2) is 0 Å². The first-order valence-corrected chi connectivity index (χ1v) is 6.54. The van der Waals surface area contributed by atoms with E-state index in [9.17, 15) is 5.11 Å². The Labute approximate surface area is 110 Å². The molecule has 0 unspecified atom stereocenters. The summed E-state index contributed by atoms with van der Waals surface area (Å²) in [4.78, 5) is 4.62. The van der Waals surface area contributed by atoms with E-state index >= 15 is 0 Å². The van der Waals surface area contributed by atoms with E-state index in [0.29, 0.717) is 0 Å². The lowest BCUT2D eigenvalue weighted by Crippen LogP contribution is -1.79. The van der Waals surface area contributed by atoms with Crippen LogP contribution in [0.15, 0.2) is 30.3 Å². The van der Waals surface area contributed by atoms with Crippen LogP contribution in [0.4, 0.5) is 0 Å². The summed E-state index contributed by atoms with van der Waals surface area (Å²) < 4.78 is 1.18. The van der Waals surface area contributed by atoms with E-state index in [1.807, 2.05) is 6.07 Å². The minimum Gasteiger partial charge on any atom is -0.507 e. The van der Waals surface area contributed by atoms with Gasteiger partial charge in [-0.25, -0.2) is 4.98 Å². The second-order valence-electron chi connectivity index (χ2n) is 4.39. The van der Waals surface area contributed by atoms with Crippen molar-refractivity contribution in [3.8, 4) is 16.3 Å². The maximum atomic E-state index is 9.46. The lowest BCUT2D eigenvalue weighted by atomic mass is 10.1. The third kappa shape index (κ3) is 1.87. The van der Waals surface area contributed by atoms with Crippen molar-refractivity contribution in [2.24, 2.45) is 0 Å². The molecule has 2 nitrogen and oxygen atoms in total. The Morgan fingerprint density at radius 3 is 2.72 bits per heavy atom. The topological polar surface area (TPSA) is 33.1 Å². The molecule has 0 aliphatic carbocycles. The van der Waals surface area contributed by atoms with Crippen molar-refractivity contribution in [1.29, 1.82) is 0 Å². The predicted molar refractivity (Wildman–Crippen MR) is 75.0 cm³/mol. The molecule has 0 atom stereocenters. The Morgan fingerprint density at radius 1 is 1.17 bits per heavy atom. The highest BCUT2D eigenvalue weighted by Crippen LogP contribution is 2.32. The summed E-state index contributed by atoms with van der Waals surface area (Å²) in [5.41, 5.74) is 4.48. The summed E-state index contributed by atoms with van der Waals surface area (Å²) in [5, 5.41) is 10.4. The molecule has 0 aliphatic heterocycles. The molecule has 1 N–H and O–H groups in total. The van der Waals surface area contributed by atoms with Crippen LogP contribution in [0.5, 0.6) is 5.75 Å². The van der Waals surface area contributed by atoms with Gasteiger partial charge in [0.1, 0.15) is 10.8 Å². The smallest absolute Gasteiger partial charge is 0.124 e. The van der Waals surface area contributed by atoms with Crippen molar-refractivity contribution in [3.05, 3.63) is 47.5 Å². The van der Waals surface area contributed by atoms with E-state index in [0.717, 1.165) is 16.1 Å². The Morgan fingerprint density at radius 2 is 1.94 bits per heavy atom. The molecule has 3 rings (SSSR count). The van der Waals surface area contributed by atoms with Gasteiger partial charge in [-0.1, -0.05) is 6.07 Å². The largest absolute Gasteiger partial charge is 0.507 e. The number of aryl methyl sites for hydroxylation is 2. The number of hydrogen-bond donors (Lipinski definition) is 1. The lowest BCUT2D eigenvalue weighted by Gasteiger charge is -1.97. The average molecular weight is 254 g/mol. The molecule has 1 heterocycles. The summed E-state index contributed by atoms with van der Waals surface area (Å²) in [6.07, 6.45) is 0. The van der Waals surface area contributed by atoms with Crippen LogP contribution in [-0.4, -0.2) is 10.1 Å². The van der Waals surface area contributed by atoms with E-state index in [2.05, 4.69) is 37.0 Å². The second-order valence-corrected chi connectivity index (χ2v) is 5.42. The van der Waals surface area contributed by atoms with Crippen molar-refractivity contribution in [2.75, 3.05) is 0 Å². The molecule has 0 spiro atoms. The van der Waals surface area contributed by atoms with Gasteiger partial charge in [0, 0.05) is 11.6 Å². The molecule has 3 heteroatoms. The summed E-state index contributed by atoms with van der Waals surface area (Å²) in [6, 6.07) is 12.3. The van der Waals surface area contributed by atoms with Gasteiger partial charge in [-0.15, -0.1) is 11.3 Å². The van der Waals surface area contributed by atoms with Crippen LogP contribution in [0.3, 0.4) is 0 Å². The van der Waals surface area contributed by atoms with Gasteiger partial charge in [-0.05, 0) is 49.2 Å². The van der Waals surface area contributed by atoms with Crippen LogP contribution in [0.25, 0.3) is 20.8 Å². The zero-order valence-corrected chi connectivity index (χ0v) is 11.0. The number of phenols is 1. The molecule has 0 amide bonds. The molecular formula is C15H12NOS. The Balaban J connectivity index is 2.19. The van der Waals surface area contributed by atoms with Crippen molar-refractivity contribution in [1.82, 2.24) is 4.98 Å². The average Bonchev–Trinajstić information content (AvgIpc) is 2.73. The van der Waals surface area contributed by atoms with Crippen molar-refractivity contribution in [2.45, 2.75) is 13.8 Å². The number of fused-ring (bicyclic) bond motifs is 1. The molecule has 0 bridgehead atoms. The van der Waals surface area contributed by atoms with Gasteiger partial charge < -0.3 is 5.11 Å². The van der Waals surface area contributed by atoms with Crippen LogP contribution in [0.1, 0.15) is 11.1 Å². The summed E-state index contributed by atoms with van der Waals surface area (Å²) in [5.74, 6) is 0.152. The SMILES string of the molecule is Cc1cc2nc(-c3cc[c]c(O)c3)sc2cc1C. The maximum absolute atomic E-state index is 9.46. The molecule has 0 saturated carbocycles. The molecule has 89 valence electrons. The number of aromatic nitrogens is 1. The van der Waals surface area contributed by atoms with E-state index in [4.69, 9.17) is 0 Å². The second kappa shape index (κ2) is 4.10. The fourth-order valence-electron chi connectivity index (χ4n) is 1.89. The standard InChI is InChI=1S/C15H12NOS/c1-9-6-13-14(7-10(9)2)18-15(16-13)11-4-3-5-12(17)8-11/h3-4,6-8,17H,1-2H3. The van der Waals surface area contributed by atoms with Crippen LogP contribution < -0.4 is 0 Å². The van der Waals surface area contributed by atoms with Gasteiger partial charge in [-0.2, -0.15) is 0 Å². The highest BCUT2D eigenvalue weighted by atomic mass is 32.1. The molecular weight excluding hydrogens is 242 g/mol. The van der Waals surface area contributed by atoms with E-state index in [1.165, 1.54) is 15.8 Å². The molecule has 2 aromatic carbocycles. The summed E-state index contributed by atoms with van der Waals surface area (Å²) in [6.45, 7) is 4.20. The predicted octanol–water partition coefficient (Wildman–Crippen LogP) is 4.09. The third-order valence-corrected chi connectivity index (χ3v) is 4.10. The van der Waals surface area contributed by atoms with Crippen molar-refractivity contribution in [3.63, 3.8) is 0 Å². The fraction of sp³-hybridized carbons (Fsp3) is 0.133. The van der Waals surface area contributed by atoms with Gasteiger partial charge in [-0.3, -0.25) is 0 Å². The Bertz CT molecular complexity index is 691. The molecule has 1 radical (unpaired) electrons. The summed E-state index contributed by atoms with van der Waals surface area (Å²) in [7, 11) is 0. The first-order chi connectivity index (χ1) is 8.63. The number of thiazole rings is 1. The van der Waals surface area contributed by atoms with Crippen molar-refractivity contribution >= 4 is 21.6 Å². The van der Waals surface area contributed by atoms with Gasteiger partial charge >= 0.3 is 0 Å². The fourth-order valence-corrected chi connectivity index (χ4v) is 2.93. The molecule has 18 heavy (non-hydrogen) atoms. The molecule has 3 aromatic rings. The normalized spacial score (nSPS) is 11.0. The lowest BCUT2D eigenvalue weighted by molar-refractivity contribution is 0.474. The van der Waals surface area contributed by atoms with Gasteiger partial charge in [0.2, 0.25) is 0 Å². The zero-order chi connectivity index (χ0) is 12.7. The highest BCUT2D eigenvalue weighted by Gasteiger charge is 2.08. The first-order valence-electron chi connectivity index (χ1n) is 5.72. The third-order valence-electron chi connectivity index (χ3n) is 3.04. The van der Waals surface area contributed by atoms with Crippen molar-refractivity contribution < 1.29 is 5.11 Å². The van der Waals surface area contributed by atoms with Crippen LogP contribution in [0, 0.1) is 19.9 Å². The van der Waals surface area contributed by atoms with E-state index < -0.39 is 0 Å². The quantitative estimate of drug-likeness (QED) is 0.709. The van der Waals surface area contributed by atoms with Crippen LogP contribution in [-0.2, 0) is 0 Å². The monoisotopic (exact) mass is 254 g/mol. The first kappa shape index (κ1) is 11.2. The Hall–Kier alpha value is -1.87. The van der Waals surface area contributed by atoms with E-state index in [-0.39, 0.29) is 5.75 Å². The number of hydrogen-bond acceptors (Lipinski definition) is 3. The van der Waals surface area contributed by atoms with Gasteiger partial charge in [0.05, 0.1) is 10.2 Å². The zero-order valence-electron chi connectivity index (χ0n) is 10.2. The molecule has 0 saturated heterocycles. The van der Waals surface area contributed by atoms with Crippen LogP contribution >= 0.6 is 11.3 Å². The molecule has 0 aliphatic rings. The minimum atomic E-state index is 0.152. The van der Waals surface area contributed by atoms with Gasteiger partial charge in [0.25, 0.3) is 0 Å². The number of nitrogens with zero attached hydrogens (tertiary/aromatic N) is 1. The summed E-state index contributed by atoms with van der Waals surface area (Å²) >= 11 is 1.65. The highest BCUT2D eigenvalue weighted by molar-refractivity contribution is 7.21. The van der Waals surface area contributed by atoms with E-state index in [1.54, 1.807) is 23.5 Å². The maximum Gasteiger partial charge on any atom is 0.124 e. The van der Waals surface area contributed by atoms with Crippen LogP contribution in [0.2, 0.25) is 0 Å². The Kier molecular flexibility index (Phi) is 2.56. The number of rotatable bonds is 1.